The number of carboxylic acids is 1. The second-order valence-electron chi connectivity index (χ2n) is 8.19. The summed E-state index contributed by atoms with van der Waals surface area (Å²) in [5, 5.41) is 42.5. The summed E-state index contributed by atoms with van der Waals surface area (Å²) in [5.74, 6) is -2.15. The molecule has 0 amide bonds. The maximum absolute atomic E-state index is 12.7. The van der Waals surface area contributed by atoms with Crippen LogP contribution in [0.2, 0.25) is 0 Å². The lowest BCUT2D eigenvalue weighted by Crippen LogP contribution is -2.67. The molecule has 1 aromatic rings. The summed E-state index contributed by atoms with van der Waals surface area (Å²) in [5.41, 5.74) is -0.936. The fourth-order valence-electron chi connectivity index (χ4n) is 5.97. The average Bonchev–Trinajstić information content (AvgIpc) is 3.31. The highest BCUT2D eigenvalue weighted by molar-refractivity contribution is 5.77. The molecule has 4 N–H and O–H groups in total. The number of hydrogen-bond acceptors (Lipinski definition) is 6. The number of rotatable bonds is 5. The van der Waals surface area contributed by atoms with Crippen LogP contribution in [0.1, 0.15) is 37.9 Å². The second kappa shape index (κ2) is 6.44. The Labute approximate surface area is 157 Å². The molecular weight excluding hydrogens is 352 g/mol. The van der Waals surface area contributed by atoms with Crippen LogP contribution >= 0.6 is 0 Å². The topological polar surface area (TPSA) is 120 Å². The summed E-state index contributed by atoms with van der Waals surface area (Å²) in [4.78, 5) is 12.7. The standard InChI is InChI=1S/C20H26O7/c1-11-16(23)17-20(10-21)13(9-27-17)3-2-4-15(20)19(11,18(24)25)7-14(22)12-5-6-26-8-12/h3,5-6,8,11,14-17,21-23H,2,4,7,9-10H2,1H3,(H,24,25). The van der Waals surface area contributed by atoms with Gasteiger partial charge in [-0.05, 0) is 36.8 Å². The van der Waals surface area contributed by atoms with Crippen molar-refractivity contribution in [2.24, 2.45) is 22.7 Å². The maximum atomic E-state index is 12.7. The summed E-state index contributed by atoms with van der Waals surface area (Å²) in [6.45, 7) is 1.72. The number of aliphatic hydroxyl groups is 3. The Bertz CT molecular complexity index is 742. The minimum Gasteiger partial charge on any atom is -0.481 e. The van der Waals surface area contributed by atoms with E-state index in [2.05, 4.69) is 0 Å². The number of hydrogen-bond donors (Lipinski definition) is 4. The monoisotopic (exact) mass is 378 g/mol. The van der Waals surface area contributed by atoms with Gasteiger partial charge in [0.1, 0.15) is 0 Å². The first-order valence-electron chi connectivity index (χ1n) is 9.43. The van der Waals surface area contributed by atoms with Gasteiger partial charge in [-0.15, -0.1) is 0 Å². The molecule has 7 nitrogen and oxygen atoms in total. The van der Waals surface area contributed by atoms with Gasteiger partial charge in [-0.25, -0.2) is 0 Å². The highest BCUT2D eigenvalue weighted by Crippen LogP contribution is 2.65. The molecular formula is C20H26O7. The maximum Gasteiger partial charge on any atom is 0.310 e. The van der Waals surface area contributed by atoms with Crippen molar-refractivity contribution in [1.29, 1.82) is 0 Å². The van der Waals surface area contributed by atoms with Crippen LogP contribution in [0.5, 0.6) is 0 Å². The van der Waals surface area contributed by atoms with Crippen LogP contribution in [-0.4, -0.2) is 51.8 Å². The quantitative estimate of drug-likeness (QED) is 0.573. The van der Waals surface area contributed by atoms with Gasteiger partial charge in [-0.3, -0.25) is 4.79 Å². The number of furan rings is 1. The molecule has 148 valence electrons. The van der Waals surface area contributed by atoms with Crippen molar-refractivity contribution >= 4 is 5.97 Å². The van der Waals surface area contributed by atoms with Crippen LogP contribution in [0.15, 0.2) is 34.7 Å². The van der Waals surface area contributed by atoms with E-state index in [1.807, 2.05) is 6.08 Å². The summed E-state index contributed by atoms with van der Waals surface area (Å²) in [6.07, 6.45) is 3.31. The van der Waals surface area contributed by atoms with Gasteiger partial charge in [0, 0.05) is 16.9 Å². The molecule has 1 aliphatic heterocycles. The molecule has 0 aromatic carbocycles. The first-order chi connectivity index (χ1) is 12.9. The summed E-state index contributed by atoms with van der Waals surface area (Å²) < 4.78 is 10.9. The predicted molar refractivity (Wildman–Crippen MR) is 93.6 cm³/mol. The zero-order valence-electron chi connectivity index (χ0n) is 15.2. The van der Waals surface area contributed by atoms with Crippen molar-refractivity contribution in [2.45, 2.75) is 44.5 Å². The average molecular weight is 378 g/mol. The van der Waals surface area contributed by atoms with E-state index >= 15 is 0 Å². The molecule has 2 fully saturated rings. The molecule has 1 aromatic heterocycles. The molecule has 7 atom stereocenters. The number of carbonyl (C=O) groups is 1. The van der Waals surface area contributed by atoms with Crippen LogP contribution in [0.3, 0.4) is 0 Å². The predicted octanol–water partition coefficient (Wildman–Crippen LogP) is 1.50. The number of aliphatic carboxylic acids is 1. The zero-order chi connectivity index (χ0) is 19.4. The van der Waals surface area contributed by atoms with Gasteiger partial charge >= 0.3 is 5.97 Å². The summed E-state index contributed by atoms with van der Waals surface area (Å²) in [6, 6.07) is 1.61. The molecule has 1 saturated heterocycles. The lowest BCUT2D eigenvalue weighted by molar-refractivity contribution is -0.217. The fraction of sp³-hybridized carbons (Fsp3) is 0.650. The van der Waals surface area contributed by atoms with Gasteiger partial charge in [0.25, 0.3) is 0 Å². The molecule has 0 radical (unpaired) electrons. The van der Waals surface area contributed by atoms with Crippen molar-refractivity contribution in [3.05, 3.63) is 35.8 Å². The molecule has 1 saturated carbocycles. The van der Waals surface area contributed by atoms with E-state index in [9.17, 15) is 25.2 Å². The summed E-state index contributed by atoms with van der Waals surface area (Å²) in [7, 11) is 0. The molecule has 7 unspecified atom stereocenters. The van der Waals surface area contributed by atoms with Gasteiger partial charge in [0.05, 0.1) is 49.5 Å². The Hall–Kier alpha value is -1.67. The molecule has 27 heavy (non-hydrogen) atoms. The second-order valence-corrected chi connectivity index (χ2v) is 8.19. The van der Waals surface area contributed by atoms with E-state index in [-0.39, 0.29) is 13.0 Å². The molecule has 2 aliphatic carbocycles. The summed E-state index contributed by atoms with van der Waals surface area (Å²) >= 11 is 0. The van der Waals surface area contributed by atoms with Crippen molar-refractivity contribution in [3.63, 3.8) is 0 Å². The first kappa shape index (κ1) is 18.7. The van der Waals surface area contributed by atoms with E-state index in [1.165, 1.54) is 12.5 Å². The van der Waals surface area contributed by atoms with Crippen molar-refractivity contribution in [2.75, 3.05) is 13.2 Å². The molecule has 4 rings (SSSR count). The molecule has 0 bridgehead atoms. The third kappa shape index (κ3) is 2.32. The Morgan fingerprint density at radius 3 is 2.85 bits per heavy atom. The smallest absolute Gasteiger partial charge is 0.310 e. The van der Waals surface area contributed by atoms with Crippen LogP contribution in [0.25, 0.3) is 0 Å². The normalized spacial score (nSPS) is 41.7. The number of ether oxygens (including phenoxy) is 1. The number of allylic oxidation sites excluding steroid dienone is 1. The van der Waals surface area contributed by atoms with E-state index in [0.717, 1.165) is 5.57 Å². The van der Waals surface area contributed by atoms with Crippen LogP contribution in [0.4, 0.5) is 0 Å². The van der Waals surface area contributed by atoms with Crippen molar-refractivity contribution in [1.82, 2.24) is 0 Å². The molecule has 7 heteroatoms. The molecule has 0 spiro atoms. The van der Waals surface area contributed by atoms with E-state index < -0.39 is 46.9 Å². The minimum atomic E-state index is -1.40. The Morgan fingerprint density at radius 2 is 2.22 bits per heavy atom. The Balaban J connectivity index is 1.84. The van der Waals surface area contributed by atoms with Gasteiger partial charge < -0.3 is 29.6 Å². The zero-order valence-corrected chi connectivity index (χ0v) is 15.2. The van der Waals surface area contributed by atoms with E-state index in [1.54, 1.807) is 13.0 Å². The van der Waals surface area contributed by atoms with Crippen molar-refractivity contribution in [3.8, 4) is 0 Å². The highest BCUT2D eigenvalue weighted by atomic mass is 16.5. The number of aliphatic hydroxyl groups excluding tert-OH is 3. The lowest BCUT2D eigenvalue weighted by atomic mass is 9.44. The Kier molecular flexibility index (Phi) is 4.46. The highest BCUT2D eigenvalue weighted by Gasteiger charge is 2.70. The SMILES string of the molecule is CC1C(O)C2OCC3=CCCC(C1(CC(O)c1ccoc1)C(=O)O)C32CO. The minimum absolute atomic E-state index is 0.0630. The van der Waals surface area contributed by atoms with Gasteiger partial charge in [-0.1, -0.05) is 13.0 Å². The van der Waals surface area contributed by atoms with Gasteiger partial charge in [0.15, 0.2) is 0 Å². The number of carboxylic acid groups (broad SMARTS) is 1. The van der Waals surface area contributed by atoms with Crippen molar-refractivity contribution < 1.29 is 34.4 Å². The fourth-order valence-corrected chi connectivity index (χ4v) is 5.97. The molecule has 3 aliphatic rings. The lowest BCUT2D eigenvalue weighted by Gasteiger charge is -2.59. The Morgan fingerprint density at radius 1 is 1.44 bits per heavy atom. The third-order valence-corrected chi connectivity index (χ3v) is 7.37. The first-order valence-corrected chi connectivity index (χ1v) is 9.43. The van der Waals surface area contributed by atoms with Crippen LogP contribution in [-0.2, 0) is 9.53 Å². The molecule has 2 heterocycles. The van der Waals surface area contributed by atoms with E-state index in [0.29, 0.717) is 25.0 Å². The van der Waals surface area contributed by atoms with Gasteiger partial charge in [-0.2, -0.15) is 0 Å². The van der Waals surface area contributed by atoms with Crippen LogP contribution < -0.4 is 0 Å². The van der Waals surface area contributed by atoms with E-state index in [4.69, 9.17) is 9.15 Å². The van der Waals surface area contributed by atoms with Gasteiger partial charge in [0.2, 0.25) is 0 Å². The van der Waals surface area contributed by atoms with Crippen LogP contribution in [0, 0.1) is 22.7 Å². The third-order valence-electron chi connectivity index (χ3n) is 7.37. The largest absolute Gasteiger partial charge is 0.481 e.